The maximum Gasteiger partial charge on any atom is 0.315 e. The smallest absolute Gasteiger partial charge is 0.315 e. The van der Waals surface area contributed by atoms with Gasteiger partial charge in [-0.05, 0) is 43.9 Å². The van der Waals surface area contributed by atoms with Gasteiger partial charge in [-0.15, -0.1) is 0 Å². The zero-order valence-electron chi connectivity index (χ0n) is 15.8. The van der Waals surface area contributed by atoms with Gasteiger partial charge in [0.15, 0.2) is 0 Å². The Labute approximate surface area is 159 Å². The Morgan fingerprint density at radius 3 is 2.41 bits per heavy atom. The summed E-state index contributed by atoms with van der Waals surface area (Å²) in [6.07, 6.45) is 6.52. The van der Waals surface area contributed by atoms with Crippen LogP contribution in [0.3, 0.4) is 0 Å². The second-order valence-electron chi connectivity index (χ2n) is 7.07. The van der Waals surface area contributed by atoms with Crippen LogP contribution in [0.25, 0.3) is 0 Å². The van der Waals surface area contributed by atoms with Crippen LogP contribution in [0.1, 0.15) is 63.4 Å². The number of urea groups is 1. The van der Waals surface area contributed by atoms with E-state index in [0.717, 1.165) is 12.8 Å². The summed E-state index contributed by atoms with van der Waals surface area (Å²) in [5.74, 6) is -1.60. The van der Waals surface area contributed by atoms with Gasteiger partial charge in [-0.25, -0.2) is 4.79 Å². The number of hydrogen-bond donors (Lipinski definition) is 4. The lowest BCUT2D eigenvalue weighted by molar-refractivity contribution is -0.138. The molecule has 1 aliphatic carbocycles. The molecule has 0 spiro atoms. The molecule has 1 fully saturated rings. The van der Waals surface area contributed by atoms with E-state index in [2.05, 4.69) is 16.0 Å². The number of aliphatic carboxylic acids is 1. The highest BCUT2D eigenvalue weighted by Gasteiger charge is 2.15. The fourth-order valence-electron chi connectivity index (χ4n) is 3.16. The van der Waals surface area contributed by atoms with Crippen LogP contribution in [0.15, 0.2) is 24.3 Å². The van der Waals surface area contributed by atoms with Crippen molar-refractivity contribution in [2.45, 2.75) is 63.8 Å². The number of nitrogens with one attached hydrogen (secondary N) is 3. The largest absolute Gasteiger partial charge is 0.481 e. The van der Waals surface area contributed by atoms with Crippen LogP contribution in [0.5, 0.6) is 0 Å². The lowest BCUT2D eigenvalue weighted by atomic mass is 9.96. The minimum atomic E-state index is -0.883. The summed E-state index contributed by atoms with van der Waals surface area (Å²) in [5.41, 5.74) is 1.32. The maximum atomic E-state index is 12.0. The van der Waals surface area contributed by atoms with E-state index in [0.29, 0.717) is 30.6 Å². The van der Waals surface area contributed by atoms with E-state index in [1.807, 2.05) is 0 Å². The Kier molecular flexibility index (Phi) is 8.10. The monoisotopic (exact) mass is 375 g/mol. The summed E-state index contributed by atoms with van der Waals surface area (Å²) < 4.78 is 0. The van der Waals surface area contributed by atoms with Crippen molar-refractivity contribution in [2.75, 3.05) is 11.9 Å². The van der Waals surface area contributed by atoms with Crippen molar-refractivity contribution in [1.82, 2.24) is 10.6 Å². The van der Waals surface area contributed by atoms with Gasteiger partial charge in [-0.1, -0.05) is 31.4 Å². The third-order valence-corrected chi connectivity index (χ3v) is 4.87. The Bertz CT molecular complexity index is 639. The van der Waals surface area contributed by atoms with Gasteiger partial charge in [0.2, 0.25) is 5.91 Å². The highest BCUT2D eigenvalue weighted by Crippen LogP contribution is 2.18. The molecule has 0 radical (unpaired) electrons. The van der Waals surface area contributed by atoms with Crippen LogP contribution >= 0.6 is 0 Å². The quantitative estimate of drug-likeness (QED) is 0.523. The van der Waals surface area contributed by atoms with E-state index in [-0.39, 0.29) is 18.0 Å². The number of carboxylic acid groups (broad SMARTS) is 1. The first-order chi connectivity index (χ1) is 13.0. The topological polar surface area (TPSA) is 108 Å². The number of hydrogen-bond acceptors (Lipinski definition) is 3. The van der Waals surface area contributed by atoms with Crippen LogP contribution in [-0.2, 0) is 9.59 Å². The van der Waals surface area contributed by atoms with E-state index in [1.54, 1.807) is 31.2 Å². The van der Waals surface area contributed by atoms with Crippen molar-refractivity contribution in [3.63, 3.8) is 0 Å². The molecule has 1 saturated carbocycles. The van der Waals surface area contributed by atoms with Gasteiger partial charge in [0.1, 0.15) is 0 Å². The predicted octanol–water partition coefficient (Wildman–Crippen LogP) is 3.23. The zero-order valence-corrected chi connectivity index (χ0v) is 15.8. The Balaban J connectivity index is 1.63. The number of amides is 3. The first-order valence-corrected chi connectivity index (χ1v) is 9.62. The third-order valence-electron chi connectivity index (χ3n) is 4.87. The van der Waals surface area contributed by atoms with Crippen LogP contribution in [0, 0.1) is 0 Å². The Morgan fingerprint density at radius 2 is 1.78 bits per heavy atom. The van der Waals surface area contributed by atoms with Crippen molar-refractivity contribution in [2.24, 2.45) is 0 Å². The molecule has 0 aliphatic heterocycles. The van der Waals surface area contributed by atoms with Crippen LogP contribution < -0.4 is 16.0 Å². The molecule has 0 heterocycles. The van der Waals surface area contributed by atoms with Gasteiger partial charge < -0.3 is 21.1 Å². The van der Waals surface area contributed by atoms with Crippen molar-refractivity contribution in [3.8, 4) is 0 Å². The number of rotatable bonds is 8. The van der Waals surface area contributed by atoms with Gasteiger partial charge in [-0.3, -0.25) is 9.59 Å². The number of benzene rings is 1. The molecule has 27 heavy (non-hydrogen) atoms. The molecule has 148 valence electrons. The fraction of sp³-hybridized carbons (Fsp3) is 0.550. The molecule has 4 N–H and O–H groups in total. The number of carbonyl (C=O) groups excluding carboxylic acids is 2. The molecule has 0 bridgehead atoms. The Morgan fingerprint density at radius 1 is 1.11 bits per heavy atom. The minimum Gasteiger partial charge on any atom is -0.481 e. The number of anilines is 1. The molecule has 7 heteroatoms. The summed E-state index contributed by atoms with van der Waals surface area (Å²) in [7, 11) is 0. The molecule has 1 atom stereocenters. The van der Waals surface area contributed by atoms with Gasteiger partial charge in [0.25, 0.3) is 0 Å². The molecular weight excluding hydrogens is 346 g/mol. The fourth-order valence-corrected chi connectivity index (χ4v) is 3.16. The third kappa shape index (κ3) is 7.29. The maximum absolute atomic E-state index is 12.0. The summed E-state index contributed by atoms with van der Waals surface area (Å²) in [4.78, 5) is 34.7. The molecule has 1 aromatic carbocycles. The van der Waals surface area contributed by atoms with Crippen LogP contribution in [0.2, 0.25) is 0 Å². The highest BCUT2D eigenvalue weighted by molar-refractivity contribution is 5.90. The Hall–Kier alpha value is -2.57. The lowest BCUT2D eigenvalue weighted by Crippen LogP contribution is -2.43. The summed E-state index contributed by atoms with van der Waals surface area (Å²) in [5, 5.41) is 17.5. The molecule has 1 aliphatic rings. The molecule has 1 aromatic rings. The molecule has 0 aromatic heterocycles. The average Bonchev–Trinajstić information content (AvgIpc) is 2.66. The van der Waals surface area contributed by atoms with E-state index in [1.165, 1.54) is 19.3 Å². The number of carbonyl (C=O) groups is 3. The van der Waals surface area contributed by atoms with Gasteiger partial charge in [-0.2, -0.15) is 0 Å². The van der Waals surface area contributed by atoms with Crippen molar-refractivity contribution in [3.05, 3.63) is 29.8 Å². The second-order valence-corrected chi connectivity index (χ2v) is 7.07. The normalized spacial score (nSPS) is 15.6. The van der Waals surface area contributed by atoms with Crippen molar-refractivity contribution < 1.29 is 19.5 Å². The van der Waals surface area contributed by atoms with E-state index >= 15 is 0 Å². The average molecular weight is 375 g/mol. The first-order valence-electron chi connectivity index (χ1n) is 9.62. The summed E-state index contributed by atoms with van der Waals surface area (Å²) in [6, 6.07) is 6.90. The minimum absolute atomic E-state index is 0.136. The van der Waals surface area contributed by atoms with Crippen LogP contribution in [0.4, 0.5) is 10.5 Å². The molecule has 0 saturated heterocycles. The van der Waals surface area contributed by atoms with Gasteiger partial charge >= 0.3 is 12.0 Å². The number of carboxylic acids is 1. The van der Waals surface area contributed by atoms with E-state index in [4.69, 9.17) is 5.11 Å². The lowest BCUT2D eigenvalue weighted by Gasteiger charge is -2.22. The van der Waals surface area contributed by atoms with Gasteiger partial charge in [0.05, 0.1) is 5.92 Å². The second kappa shape index (κ2) is 10.5. The standard InChI is InChI=1S/C20H29N3O4/c1-14(19(25)26)15-9-11-17(12-10-15)22-18(24)8-5-13-21-20(27)23-16-6-3-2-4-7-16/h9-12,14,16H,2-8,13H2,1H3,(H,22,24)(H,25,26)(H2,21,23,27). The predicted molar refractivity (Wildman–Crippen MR) is 104 cm³/mol. The van der Waals surface area contributed by atoms with E-state index in [9.17, 15) is 14.4 Å². The highest BCUT2D eigenvalue weighted by atomic mass is 16.4. The molecule has 1 unspecified atom stereocenters. The van der Waals surface area contributed by atoms with Crippen LogP contribution in [-0.4, -0.2) is 35.6 Å². The zero-order chi connectivity index (χ0) is 19.6. The summed E-state index contributed by atoms with van der Waals surface area (Å²) >= 11 is 0. The van der Waals surface area contributed by atoms with E-state index < -0.39 is 11.9 Å². The molecule has 7 nitrogen and oxygen atoms in total. The summed E-state index contributed by atoms with van der Waals surface area (Å²) in [6.45, 7) is 2.06. The van der Waals surface area contributed by atoms with Crippen molar-refractivity contribution >= 4 is 23.6 Å². The SMILES string of the molecule is CC(C(=O)O)c1ccc(NC(=O)CCCNC(=O)NC2CCCCC2)cc1. The van der Waals surface area contributed by atoms with Crippen molar-refractivity contribution in [1.29, 1.82) is 0 Å². The molecular formula is C20H29N3O4. The molecule has 3 amide bonds. The molecule has 2 rings (SSSR count). The van der Waals surface area contributed by atoms with Gasteiger partial charge in [0, 0.05) is 24.7 Å². The first kappa shape index (κ1) is 20.7.